The summed E-state index contributed by atoms with van der Waals surface area (Å²) < 4.78 is 32.1. The molecule has 1 aliphatic heterocycles. The average Bonchev–Trinajstić information content (AvgIpc) is 2.47. The van der Waals surface area contributed by atoms with Gasteiger partial charge in [0.15, 0.2) is 0 Å². The number of nitrogens with zero attached hydrogens (tertiary/aromatic N) is 1. The highest BCUT2D eigenvalue weighted by Gasteiger charge is 2.37. The Kier molecular flexibility index (Phi) is 4.53. The number of hydrogen-bond acceptors (Lipinski definition) is 4. The number of hydrogen-bond donors (Lipinski definition) is 1. The molecule has 1 aliphatic rings. The van der Waals surface area contributed by atoms with Crippen LogP contribution in [0, 0.1) is 6.92 Å². The van der Waals surface area contributed by atoms with Crippen LogP contribution in [0.25, 0.3) is 0 Å². The predicted molar refractivity (Wildman–Crippen MR) is 78.5 cm³/mol. The van der Waals surface area contributed by atoms with Gasteiger partial charge in [0.25, 0.3) is 0 Å². The Bertz CT molecular complexity index is 642. The van der Waals surface area contributed by atoms with Crippen LogP contribution in [0.1, 0.15) is 24.8 Å². The molecule has 1 heterocycles. The van der Waals surface area contributed by atoms with Crippen molar-refractivity contribution < 1.29 is 17.9 Å². The maximum Gasteiger partial charge on any atom is 0.247 e. The van der Waals surface area contributed by atoms with Crippen molar-refractivity contribution in [3.63, 3.8) is 0 Å². The number of methoxy groups -OCH3 is 1. The molecule has 0 spiro atoms. The first-order valence-electron chi connectivity index (χ1n) is 6.83. The number of primary amides is 1. The van der Waals surface area contributed by atoms with E-state index in [1.54, 1.807) is 25.1 Å². The van der Waals surface area contributed by atoms with E-state index in [2.05, 4.69) is 0 Å². The van der Waals surface area contributed by atoms with E-state index in [0.29, 0.717) is 13.0 Å². The molecule has 1 unspecified atom stereocenters. The van der Waals surface area contributed by atoms with Crippen LogP contribution >= 0.6 is 0 Å². The van der Waals surface area contributed by atoms with E-state index in [4.69, 9.17) is 10.5 Å². The number of piperidine rings is 1. The molecule has 2 rings (SSSR count). The van der Waals surface area contributed by atoms with Gasteiger partial charge in [-0.2, -0.15) is 4.31 Å². The van der Waals surface area contributed by atoms with Crippen molar-refractivity contribution in [1.82, 2.24) is 4.31 Å². The Hall–Kier alpha value is -1.60. The van der Waals surface area contributed by atoms with E-state index in [9.17, 15) is 13.2 Å². The molecule has 1 aromatic rings. The minimum atomic E-state index is -3.81. The number of amides is 1. The fourth-order valence-electron chi connectivity index (χ4n) is 2.59. The van der Waals surface area contributed by atoms with Gasteiger partial charge < -0.3 is 10.5 Å². The summed E-state index contributed by atoms with van der Waals surface area (Å²) in [5.41, 5.74) is 6.16. The molecular formula is C14H20N2O4S. The summed E-state index contributed by atoms with van der Waals surface area (Å²) in [6.07, 6.45) is 1.98. The van der Waals surface area contributed by atoms with Crippen molar-refractivity contribution in [2.75, 3.05) is 13.7 Å². The highest BCUT2D eigenvalue weighted by Crippen LogP contribution is 2.31. The van der Waals surface area contributed by atoms with Gasteiger partial charge in [0.05, 0.1) is 7.11 Å². The normalized spacial score (nSPS) is 20.2. The van der Waals surface area contributed by atoms with Gasteiger partial charge >= 0.3 is 0 Å². The quantitative estimate of drug-likeness (QED) is 0.899. The molecule has 0 radical (unpaired) electrons. The van der Waals surface area contributed by atoms with Crippen molar-refractivity contribution in [3.05, 3.63) is 23.8 Å². The van der Waals surface area contributed by atoms with Crippen LogP contribution < -0.4 is 10.5 Å². The minimum Gasteiger partial charge on any atom is -0.495 e. The minimum absolute atomic E-state index is 0.0816. The molecular weight excluding hydrogens is 292 g/mol. The summed E-state index contributed by atoms with van der Waals surface area (Å²) in [5.74, 6) is -0.334. The highest BCUT2D eigenvalue weighted by molar-refractivity contribution is 7.89. The number of sulfonamides is 1. The van der Waals surface area contributed by atoms with E-state index in [0.717, 1.165) is 18.4 Å². The van der Waals surface area contributed by atoms with E-state index in [1.807, 2.05) is 0 Å². The van der Waals surface area contributed by atoms with Crippen LogP contribution in [-0.4, -0.2) is 38.3 Å². The zero-order valence-corrected chi connectivity index (χ0v) is 13.0. The molecule has 1 saturated heterocycles. The monoisotopic (exact) mass is 312 g/mol. The average molecular weight is 312 g/mol. The maximum absolute atomic E-state index is 12.9. The molecule has 1 aromatic carbocycles. The molecule has 7 heteroatoms. The second-order valence-corrected chi connectivity index (χ2v) is 7.04. The largest absolute Gasteiger partial charge is 0.495 e. The molecule has 2 N–H and O–H groups in total. The van der Waals surface area contributed by atoms with Crippen LogP contribution in [0.4, 0.5) is 0 Å². The van der Waals surface area contributed by atoms with Crippen LogP contribution in [0.5, 0.6) is 5.75 Å². The van der Waals surface area contributed by atoms with Gasteiger partial charge in [-0.1, -0.05) is 12.5 Å². The van der Waals surface area contributed by atoms with Gasteiger partial charge in [-0.3, -0.25) is 4.79 Å². The predicted octanol–water partition coefficient (Wildman–Crippen LogP) is 1.03. The third kappa shape index (κ3) is 3.03. The number of nitrogens with two attached hydrogens (primary N) is 1. The van der Waals surface area contributed by atoms with Crippen LogP contribution in [0.2, 0.25) is 0 Å². The summed E-state index contributed by atoms with van der Waals surface area (Å²) in [7, 11) is -2.39. The van der Waals surface area contributed by atoms with E-state index in [-0.39, 0.29) is 10.6 Å². The van der Waals surface area contributed by atoms with E-state index >= 15 is 0 Å². The summed E-state index contributed by atoms with van der Waals surface area (Å²) in [5, 5.41) is 0. The topological polar surface area (TPSA) is 89.7 Å². The molecule has 0 saturated carbocycles. The standard InChI is InChI=1S/C14H20N2O4S/c1-10-6-7-12(20-2)13(9-10)21(18,19)16-8-4-3-5-11(16)14(15)17/h6-7,9,11H,3-5,8H2,1-2H3,(H2,15,17). The molecule has 6 nitrogen and oxygen atoms in total. The summed E-state index contributed by atoms with van der Waals surface area (Å²) in [6, 6.07) is 4.17. The number of carbonyl (C=O) groups is 1. The Labute approximate surface area is 124 Å². The summed E-state index contributed by atoms with van der Waals surface area (Å²) in [6.45, 7) is 2.10. The van der Waals surface area contributed by atoms with Crippen molar-refractivity contribution >= 4 is 15.9 Å². The van der Waals surface area contributed by atoms with Gasteiger partial charge in [-0.25, -0.2) is 8.42 Å². The number of carbonyl (C=O) groups excluding carboxylic acids is 1. The smallest absolute Gasteiger partial charge is 0.247 e. The Balaban J connectivity index is 2.50. The summed E-state index contributed by atoms with van der Waals surface area (Å²) >= 11 is 0. The third-order valence-electron chi connectivity index (χ3n) is 3.69. The lowest BCUT2D eigenvalue weighted by Crippen LogP contribution is -2.50. The second-order valence-electron chi connectivity index (χ2n) is 5.18. The lowest BCUT2D eigenvalue weighted by Gasteiger charge is -2.32. The molecule has 1 atom stereocenters. The van der Waals surface area contributed by atoms with E-state index in [1.165, 1.54) is 11.4 Å². The van der Waals surface area contributed by atoms with Crippen molar-refractivity contribution in [2.45, 2.75) is 37.1 Å². The second kappa shape index (κ2) is 6.03. The Morgan fingerprint density at radius 2 is 2.10 bits per heavy atom. The third-order valence-corrected chi connectivity index (χ3v) is 5.62. The first-order valence-corrected chi connectivity index (χ1v) is 8.27. The van der Waals surface area contributed by atoms with Crippen LogP contribution in [-0.2, 0) is 14.8 Å². The van der Waals surface area contributed by atoms with Crippen LogP contribution in [0.15, 0.2) is 23.1 Å². The molecule has 21 heavy (non-hydrogen) atoms. The first-order chi connectivity index (χ1) is 9.87. The van der Waals surface area contributed by atoms with Gasteiger partial charge in [0.2, 0.25) is 15.9 Å². The van der Waals surface area contributed by atoms with E-state index < -0.39 is 22.0 Å². The molecule has 1 amide bonds. The van der Waals surface area contributed by atoms with Crippen molar-refractivity contribution in [2.24, 2.45) is 5.73 Å². The number of ether oxygens (including phenoxy) is 1. The van der Waals surface area contributed by atoms with Gasteiger partial charge in [-0.15, -0.1) is 0 Å². The fourth-order valence-corrected chi connectivity index (χ4v) is 4.50. The maximum atomic E-state index is 12.9. The number of aryl methyl sites for hydroxylation is 1. The zero-order valence-electron chi connectivity index (χ0n) is 12.2. The van der Waals surface area contributed by atoms with Gasteiger partial charge in [0, 0.05) is 6.54 Å². The number of benzene rings is 1. The molecule has 0 aliphatic carbocycles. The fraction of sp³-hybridized carbons (Fsp3) is 0.500. The highest BCUT2D eigenvalue weighted by atomic mass is 32.2. The van der Waals surface area contributed by atoms with Gasteiger partial charge in [0.1, 0.15) is 16.7 Å². The zero-order chi connectivity index (χ0) is 15.6. The van der Waals surface area contributed by atoms with Crippen molar-refractivity contribution in [1.29, 1.82) is 0 Å². The molecule has 0 bridgehead atoms. The Morgan fingerprint density at radius 3 is 2.71 bits per heavy atom. The Morgan fingerprint density at radius 1 is 1.38 bits per heavy atom. The molecule has 0 aromatic heterocycles. The lowest BCUT2D eigenvalue weighted by molar-refractivity contribution is -0.122. The summed E-state index contributed by atoms with van der Waals surface area (Å²) in [4.78, 5) is 11.6. The molecule has 1 fully saturated rings. The van der Waals surface area contributed by atoms with Crippen molar-refractivity contribution in [3.8, 4) is 5.75 Å². The van der Waals surface area contributed by atoms with Crippen LogP contribution in [0.3, 0.4) is 0 Å². The molecule has 116 valence electrons. The SMILES string of the molecule is COc1ccc(C)cc1S(=O)(=O)N1CCCCC1C(N)=O. The van der Waals surface area contributed by atoms with Gasteiger partial charge in [-0.05, 0) is 37.5 Å². The number of rotatable bonds is 4. The first kappa shape index (κ1) is 15.8. The lowest BCUT2D eigenvalue weighted by atomic mass is 10.0.